The molecule has 124 valence electrons. The van der Waals surface area contributed by atoms with Gasteiger partial charge < -0.3 is 4.90 Å². The van der Waals surface area contributed by atoms with E-state index >= 15 is 0 Å². The minimum absolute atomic E-state index is 0.0606. The van der Waals surface area contributed by atoms with Gasteiger partial charge in [-0.05, 0) is 18.4 Å². The lowest BCUT2D eigenvalue weighted by atomic mass is 10.2. The van der Waals surface area contributed by atoms with Crippen LogP contribution in [0.4, 0.5) is 0 Å². The van der Waals surface area contributed by atoms with Gasteiger partial charge in [0.1, 0.15) is 0 Å². The number of carbonyl (C=O) groups excluding carboxylic acids is 1. The zero-order valence-electron chi connectivity index (χ0n) is 13.2. The number of hydrogen-bond acceptors (Lipinski definition) is 3. The Hall–Kier alpha value is -2.89. The molecule has 1 saturated carbocycles. The molecule has 1 aromatic carbocycles. The molecule has 0 saturated heterocycles. The van der Waals surface area contributed by atoms with Crippen LogP contribution in [0.3, 0.4) is 0 Å². The van der Waals surface area contributed by atoms with E-state index in [-0.39, 0.29) is 23.9 Å². The first-order chi connectivity index (χ1) is 11.6. The smallest absolute Gasteiger partial charge is 0.266 e. The summed E-state index contributed by atoms with van der Waals surface area (Å²) in [5.41, 5.74) is 0.422. The van der Waals surface area contributed by atoms with Gasteiger partial charge in [-0.2, -0.15) is 0 Å². The molecule has 1 aromatic heterocycles. The number of hydrogen-bond donors (Lipinski definition) is 2. The van der Waals surface area contributed by atoms with Crippen molar-refractivity contribution in [2.45, 2.75) is 25.3 Å². The third-order valence-corrected chi connectivity index (χ3v) is 3.96. The highest BCUT2D eigenvalue weighted by atomic mass is 16.2. The summed E-state index contributed by atoms with van der Waals surface area (Å²) in [6, 6.07) is 11.3. The molecule has 24 heavy (non-hydrogen) atoms. The molecule has 0 aliphatic heterocycles. The first-order valence-electron chi connectivity index (χ1n) is 7.95. The molecule has 2 N–H and O–H groups in total. The summed E-state index contributed by atoms with van der Waals surface area (Å²) in [4.78, 5) is 37.3. The molecule has 6 nitrogen and oxygen atoms in total. The predicted molar refractivity (Wildman–Crippen MR) is 91.6 cm³/mol. The summed E-state index contributed by atoms with van der Waals surface area (Å²) >= 11 is 0. The maximum atomic E-state index is 12.5. The van der Waals surface area contributed by atoms with Crippen LogP contribution in [0, 0.1) is 0 Å². The molecule has 0 unspecified atom stereocenters. The van der Waals surface area contributed by atoms with Crippen molar-refractivity contribution in [3.8, 4) is 0 Å². The topological polar surface area (TPSA) is 86.0 Å². The van der Waals surface area contributed by atoms with Crippen LogP contribution in [0.2, 0.25) is 0 Å². The van der Waals surface area contributed by atoms with Crippen LogP contribution in [0.25, 0.3) is 6.08 Å². The fourth-order valence-electron chi connectivity index (χ4n) is 2.56. The second kappa shape index (κ2) is 7.12. The zero-order chi connectivity index (χ0) is 16.9. The molecule has 2 aromatic rings. The highest BCUT2D eigenvalue weighted by molar-refractivity contribution is 5.79. The summed E-state index contributed by atoms with van der Waals surface area (Å²) in [6.45, 7) is 0.499. The van der Waals surface area contributed by atoms with E-state index < -0.39 is 11.1 Å². The number of aromatic amines is 2. The number of nitrogens with zero attached hydrogens (tertiary/aromatic N) is 1. The quantitative estimate of drug-likeness (QED) is 0.839. The number of nitrogens with one attached hydrogen (secondary N) is 2. The molecule has 1 amide bonds. The Bertz CT molecular complexity index is 848. The minimum Gasteiger partial charge on any atom is -0.336 e. The molecule has 0 bridgehead atoms. The van der Waals surface area contributed by atoms with Crippen molar-refractivity contribution >= 4 is 12.0 Å². The van der Waals surface area contributed by atoms with Gasteiger partial charge in [0.25, 0.3) is 11.1 Å². The van der Waals surface area contributed by atoms with Crippen LogP contribution in [-0.4, -0.2) is 33.6 Å². The number of benzene rings is 1. The lowest BCUT2D eigenvalue weighted by molar-refractivity contribution is -0.130. The van der Waals surface area contributed by atoms with E-state index in [9.17, 15) is 14.4 Å². The van der Waals surface area contributed by atoms with E-state index in [1.165, 1.54) is 6.07 Å². The molecule has 6 heteroatoms. The Balaban J connectivity index is 1.68. The lowest BCUT2D eigenvalue weighted by Gasteiger charge is -2.20. The van der Waals surface area contributed by atoms with Crippen molar-refractivity contribution < 1.29 is 4.79 Å². The predicted octanol–water partition coefficient (Wildman–Crippen LogP) is 1.31. The largest absolute Gasteiger partial charge is 0.336 e. The van der Waals surface area contributed by atoms with Crippen molar-refractivity contribution in [1.29, 1.82) is 0 Å². The van der Waals surface area contributed by atoms with E-state index in [1.54, 1.807) is 4.90 Å². The van der Waals surface area contributed by atoms with E-state index in [0.717, 1.165) is 18.4 Å². The molecule has 1 aliphatic carbocycles. The van der Waals surface area contributed by atoms with Crippen molar-refractivity contribution in [2.24, 2.45) is 0 Å². The molecule has 1 fully saturated rings. The van der Waals surface area contributed by atoms with Gasteiger partial charge in [0.15, 0.2) is 0 Å². The Morgan fingerprint density at radius 1 is 1.17 bits per heavy atom. The lowest BCUT2D eigenvalue weighted by Crippen LogP contribution is -2.36. The second-order valence-corrected chi connectivity index (χ2v) is 5.88. The van der Waals surface area contributed by atoms with Crippen LogP contribution < -0.4 is 11.1 Å². The van der Waals surface area contributed by atoms with E-state index in [1.807, 2.05) is 42.5 Å². The molecule has 1 aliphatic rings. The normalized spacial score (nSPS) is 14.0. The maximum Gasteiger partial charge on any atom is 0.266 e. The Morgan fingerprint density at radius 3 is 2.62 bits per heavy atom. The Labute approximate surface area is 138 Å². The number of aromatic nitrogens is 2. The standard InChI is InChI=1S/C18H19N3O3/c22-16-11-14(18(24)20-19-16)12-17(23)21(15-8-9-15)10-4-7-13-5-2-1-3-6-13/h1-7,11,15H,8-10,12H2,(H,19,22)(H,20,24). The van der Waals surface area contributed by atoms with Gasteiger partial charge in [-0.25, -0.2) is 0 Å². The minimum atomic E-state index is -0.432. The Morgan fingerprint density at radius 2 is 1.92 bits per heavy atom. The summed E-state index contributed by atoms with van der Waals surface area (Å²) in [5, 5.41) is 4.45. The van der Waals surface area contributed by atoms with Gasteiger partial charge in [-0.1, -0.05) is 42.5 Å². The number of amides is 1. The van der Waals surface area contributed by atoms with Gasteiger partial charge >= 0.3 is 0 Å². The van der Waals surface area contributed by atoms with Gasteiger partial charge in [0, 0.05) is 24.2 Å². The molecule has 0 spiro atoms. The molecule has 3 rings (SSSR count). The molecule has 0 radical (unpaired) electrons. The fraction of sp³-hybridized carbons (Fsp3) is 0.278. The van der Waals surface area contributed by atoms with Crippen molar-refractivity contribution in [3.63, 3.8) is 0 Å². The molecule has 0 atom stereocenters. The maximum absolute atomic E-state index is 12.5. The number of rotatable bonds is 6. The molecular weight excluding hydrogens is 306 g/mol. The van der Waals surface area contributed by atoms with Gasteiger partial charge in [0.05, 0.1) is 6.42 Å². The van der Waals surface area contributed by atoms with E-state index in [2.05, 4.69) is 10.2 Å². The van der Waals surface area contributed by atoms with Crippen LogP contribution in [-0.2, 0) is 11.2 Å². The van der Waals surface area contributed by atoms with Crippen LogP contribution in [0.15, 0.2) is 52.1 Å². The average molecular weight is 325 g/mol. The van der Waals surface area contributed by atoms with Crippen molar-refractivity contribution in [1.82, 2.24) is 15.1 Å². The first kappa shape index (κ1) is 16.0. The number of H-pyrrole nitrogens is 2. The highest BCUT2D eigenvalue weighted by Gasteiger charge is 2.31. The zero-order valence-corrected chi connectivity index (χ0v) is 13.2. The van der Waals surface area contributed by atoms with Gasteiger partial charge in [0.2, 0.25) is 5.91 Å². The van der Waals surface area contributed by atoms with Crippen LogP contribution >= 0.6 is 0 Å². The summed E-state index contributed by atoms with van der Waals surface area (Å²) < 4.78 is 0. The fourth-order valence-corrected chi connectivity index (χ4v) is 2.56. The second-order valence-electron chi connectivity index (χ2n) is 5.88. The van der Waals surface area contributed by atoms with Crippen molar-refractivity contribution in [2.75, 3.05) is 6.54 Å². The molecular formula is C18H19N3O3. The SMILES string of the molecule is O=C(Cc1cc(=O)[nH][nH]c1=O)N(CC=Cc1ccccc1)C1CC1. The Kier molecular flexibility index (Phi) is 4.74. The van der Waals surface area contributed by atoms with Crippen LogP contribution in [0.1, 0.15) is 24.0 Å². The summed E-state index contributed by atoms with van der Waals surface area (Å²) in [5.74, 6) is -0.133. The van der Waals surface area contributed by atoms with E-state index in [0.29, 0.717) is 6.54 Å². The number of carbonyl (C=O) groups is 1. The third-order valence-electron chi connectivity index (χ3n) is 3.96. The summed E-state index contributed by atoms with van der Waals surface area (Å²) in [6.07, 6.45) is 5.83. The van der Waals surface area contributed by atoms with Crippen molar-refractivity contribution in [3.05, 3.63) is 74.3 Å². The first-order valence-corrected chi connectivity index (χ1v) is 7.95. The van der Waals surface area contributed by atoms with Gasteiger partial charge in [-0.3, -0.25) is 24.6 Å². The third kappa shape index (κ3) is 4.10. The highest BCUT2D eigenvalue weighted by Crippen LogP contribution is 2.27. The monoisotopic (exact) mass is 325 g/mol. The molecule has 1 heterocycles. The summed E-state index contributed by atoms with van der Waals surface area (Å²) in [7, 11) is 0. The van der Waals surface area contributed by atoms with Gasteiger partial charge in [-0.15, -0.1) is 0 Å². The average Bonchev–Trinajstić information content (AvgIpc) is 3.40. The van der Waals surface area contributed by atoms with Crippen LogP contribution in [0.5, 0.6) is 0 Å². The van der Waals surface area contributed by atoms with E-state index in [4.69, 9.17) is 0 Å².